The first-order valence-electron chi connectivity index (χ1n) is 7.10. The van der Waals surface area contributed by atoms with Gasteiger partial charge < -0.3 is 11.1 Å². The lowest BCUT2D eigenvalue weighted by molar-refractivity contribution is -0.123. The van der Waals surface area contributed by atoms with Crippen LogP contribution in [0.15, 0.2) is 24.3 Å². The number of nitrogens with one attached hydrogen (secondary N) is 1. The molecule has 0 spiro atoms. The molecule has 0 saturated heterocycles. The Balaban J connectivity index is 2.18. The molecule has 1 aromatic carbocycles. The number of carbonyl (C=O) groups is 1. The quantitative estimate of drug-likeness (QED) is 0.689. The smallest absolute Gasteiger partial charge is 0.237 e. The molecule has 0 aliphatic heterocycles. The largest absolute Gasteiger partial charge is 0.368 e. The van der Waals surface area contributed by atoms with Crippen molar-refractivity contribution in [2.24, 2.45) is 5.73 Å². The number of primary amides is 1. The molecule has 1 atom stereocenters. The highest BCUT2D eigenvalue weighted by molar-refractivity contribution is 7.98. The van der Waals surface area contributed by atoms with Crippen LogP contribution in [0, 0.1) is 6.92 Å². The number of amides is 1. The first kappa shape index (κ1) is 17.1. The second-order valence-corrected chi connectivity index (χ2v) is 6.55. The maximum atomic E-state index is 11.3. The maximum absolute atomic E-state index is 11.3. The molecule has 0 saturated carbocycles. The van der Waals surface area contributed by atoms with Gasteiger partial charge in [-0.05, 0) is 45.1 Å². The van der Waals surface area contributed by atoms with Crippen molar-refractivity contribution in [3.8, 4) is 0 Å². The lowest BCUT2D eigenvalue weighted by Gasteiger charge is -2.25. The van der Waals surface area contributed by atoms with Crippen molar-refractivity contribution in [1.29, 1.82) is 0 Å². The second kappa shape index (κ2) is 8.32. The molecule has 0 radical (unpaired) electrons. The topological polar surface area (TPSA) is 55.1 Å². The molecule has 0 fully saturated rings. The van der Waals surface area contributed by atoms with Gasteiger partial charge in [-0.1, -0.05) is 36.2 Å². The van der Waals surface area contributed by atoms with Gasteiger partial charge in [-0.25, -0.2) is 0 Å². The Hall–Kier alpha value is -1.00. The number of rotatable bonds is 9. The van der Waals surface area contributed by atoms with E-state index in [0.29, 0.717) is 0 Å². The van der Waals surface area contributed by atoms with E-state index in [1.54, 1.807) is 7.05 Å². The zero-order valence-corrected chi connectivity index (χ0v) is 13.6. The van der Waals surface area contributed by atoms with Gasteiger partial charge >= 0.3 is 0 Å². The molecule has 4 heteroatoms. The van der Waals surface area contributed by atoms with Gasteiger partial charge in [0, 0.05) is 5.75 Å². The molecule has 0 aliphatic rings. The van der Waals surface area contributed by atoms with Gasteiger partial charge in [0.15, 0.2) is 0 Å². The number of nitrogens with two attached hydrogens (primary N) is 1. The summed E-state index contributed by atoms with van der Waals surface area (Å²) in [6.07, 6.45) is 2.92. The van der Waals surface area contributed by atoms with Crippen molar-refractivity contribution < 1.29 is 4.79 Å². The molecule has 0 heterocycles. The molecule has 0 aliphatic carbocycles. The molecule has 3 N–H and O–H groups in total. The Morgan fingerprint density at radius 2 is 2.15 bits per heavy atom. The Kier molecular flexibility index (Phi) is 7.10. The molecule has 1 rings (SSSR count). The van der Waals surface area contributed by atoms with Crippen molar-refractivity contribution in [1.82, 2.24) is 5.32 Å². The number of aryl methyl sites for hydroxylation is 1. The standard InChI is InChI=1S/C16H26N2OS/c1-13-7-6-8-14(11-13)12-20-10-5-4-9-16(2,18-3)15(17)19/h6-8,11,18H,4-5,9-10,12H2,1-3H3,(H2,17,19). The predicted molar refractivity (Wildman–Crippen MR) is 87.9 cm³/mol. The van der Waals surface area contributed by atoms with Gasteiger partial charge in [0.1, 0.15) is 0 Å². The zero-order valence-electron chi connectivity index (χ0n) is 12.7. The lowest BCUT2D eigenvalue weighted by Crippen LogP contribution is -2.51. The van der Waals surface area contributed by atoms with E-state index in [2.05, 4.69) is 36.5 Å². The van der Waals surface area contributed by atoms with Crippen LogP contribution in [0.1, 0.15) is 37.3 Å². The number of hydrogen-bond acceptors (Lipinski definition) is 3. The molecule has 0 bridgehead atoms. The van der Waals surface area contributed by atoms with Crippen LogP contribution >= 0.6 is 11.8 Å². The molecular formula is C16H26N2OS. The van der Waals surface area contributed by atoms with Crippen LogP contribution in [0.25, 0.3) is 0 Å². The molecule has 1 aromatic rings. The highest BCUT2D eigenvalue weighted by Crippen LogP contribution is 2.18. The van der Waals surface area contributed by atoms with Crippen molar-refractivity contribution >= 4 is 17.7 Å². The van der Waals surface area contributed by atoms with E-state index in [-0.39, 0.29) is 5.91 Å². The number of thioether (sulfide) groups is 1. The lowest BCUT2D eigenvalue weighted by atomic mass is 9.94. The summed E-state index contributed by atoms with van der Waals surface area (Å²) in [5, 5.41) is 3.02. The summed E-state index contributed by atoms with van der Waals surface area (Å²) in [4.78, 5) is 11.3. The second-order valence-electron chi connectivity index (χ2n) is 5.45. The van der Waals surface area contributed by atoms with Gasteiger partial charge in [-0.3, -0.25) is 4.79 Å². The summed E-state index contributed by atoms with van der Waals surface area (Å²) >= 11 is 1.95. The van der Waals surface area contributed by atoms with E-state index >= 15 is 0 Å². The molecule has 1 unspecified atom stereocenters. The average Bonchev–Trinajstić information content (AvgIpc) is 2.42. The van der Waals surface area contributed by atoms with Crippen LogP contribution in [0.4, 0.5) is 0 Å². The monoisotopic (exact) mass is 294 g/mol. The van der Waals surface area contributed by atoms with Crippen molar-refractivity contribution in [3.63, 3.8) is 0 Å². The van der Waals surface area contributed by atoms with Crippen LogP contribution in [-0.2, 0) is 10.5 Å². The third kappa shape index (κ3) is 5.55. The Labute approximate surface area is 126 Å². The van der Waals surface area contributed by atoms with E-state index < -0.39 is 5.54 Å². The minimum Gasteiger partial charge on any atom is -0.368 e. The fraction of sp³-hybridized carbons (Fsp3) is 0.562. The predicted octanol–water partition coefficient (Wildman–Crippen LogP) is 2.86. The highest BCUT2D eigenvalue weighted by atomic mass is 32.2. The number of carbonyl (C=O) groups excluding carboxylic acids is 1. The molecule has 20 heavy (non-hydrogen) atoms. The first-order valence-corrected chi connectivity index (χ1v) is 8.25. The van der Waals surface area contributed by atoms with Gasteiger partial charge in [0.2, 0.25) is 5.91 Å². The maximum Gasteiger partial charge on any atom is 0.237 e. The highest BCUT2D eigenvalue weighted by Gasteiger charge is 2.27. The van der Waals surface area contributed by atoms with Crippen molar-refractivity contribution in [2.75, 3.05) is 12.8 Å². The van der Waals surface area contributed by atoms with Crippen molar-refractivity contribution in [3.05, 3.63) is 35.4 Å². The van der Waals surface area contributed by atoms with Crippen LogP contribution in [0.5, 0.6) is 0 Å². The number of hydrogen-bond donors (Lipinski definition) is 2. The number of benzene rings is 1. The Morgan fingerprint density at radius 3 is 2.75 bits per heavy atom. The van der Waals surface area contributed by atoms with Crippen LogP contribution in [0.3, 0.4) is 0 Å². The summed E-state index contributed by atoms with van der Waals surface area (Å²) in [5.41, 5.74) is 7.53. The Bertz CT molecular complexity index is 436. The number of likely N-dealkylation sites (N-methyl/N-ethyl adjacent to an activating group) is 1. The molecule has 1 amide bonds. The minimum atomic E-state index is -0.568. The number of unbranched alkanes of at least 4 members (excludes halogenated alkanes) is 1. The van der Waals surface area contributed by atoms with Gasteiger partial charge in [0.25, 0.3) is 0 Å². The summed E-state index contributed by atoms with van der Waals surface area (Å²) in [6.45, 7) is 3.99. The SMILES string of the molecule is CNC(C)(CCCCSCc1cccc(C)c1)C(N)=O. The van der Waals surface area contributed by atoms with Gasteiger partial charge in [-0.2, -0.15) is 11.8 Å². The summed E-state index contributed by atoms with van der Waals surface area (Å²) in [6, 6.07) is 8.64. The molecule has 0 aromatic heterocycles. The van der Waals surface area contributed by atoms with Gasteiger partial charge in [0.05, 0.1) is 5.54 Å². The van der Waals surface area contributed by atoms with Crippen LogP contribution in [-0.4, -0.2) is 24.2 Å². The Morgan fingerprint density at radius 1 is 1.40 bits per heavy atom. The van der Waals surface area contributed by atoms with E-state index in [0.717, 1.165) is 30.8 Å². The minimum absolute atomic E-state index is 0.271. The molecular weight excluding hydrogens is 268 g/mol. The first-order chi connectivity index (χ1) is 9.48. The fourth-order valence-electron chi connectivity index (χ4n) is 2.05. The summed E-state index contributed by atoms with van der Waals surface area (Å²) in [7, 11) is 1.79. The van der Waals surface area contributed by atoms with E-state index in [9.17, 15) is 4.79 Å². The van der Waals surface area contributed by atoms with E-state index in [4.69, 9.17) is 5.73 Å². The third-order valence-corrected chi connectivity index (χ3v) is 4.78. The normalized spacial score (nSPS) is 13.9. The van der Waals surface area contributed by atoms with Crippen LogP contribution < -0.4 is 11.1 Å². The van der Waals surface area contributed by atoms with Crippen LogP contribution in [0.2, 0.25) is 0 Å². The summed E-state index contributed by atoms with van der Waals surface area (Å²) < 4.78 is 0. The summed E-state index contributed by atoms with van der Waals surface area (Å²) in [5.74, 6) is 1.90. The zero-order chi connectivity index (χ0) is 15.0. The fourth-order valence-corrected chi connectivity index (χ4v) is 3.01. The van der Waals surface area contributed by atoms with Gasteiger partial charge in [-0.15, -0.1) is 0 Å². The van der Waals surface area contributed by atoms with E-state index in [1.165, 1.54) is 11.1 Å². The molecule has 3 nitrogen and oxygen atoms in total. The third-order valence-electron chi connectivity index (χ3n) is 3.66. The molecule has 112 valence electrons. The average molecular weight is 294 g/mol. The van der Waals surface area contributed by atoms with Crippen molar-refractivity contribution in [2.45, 2.75) is 44.4 Å². The van der Waals surface area contributed by atoms with E-state index in [1.807, 2.05) is 18.7 Å².